The molecule has 0 bridgehead atoms. The van der Waals surface area contributed by atoms with E-state index in [0.717, 1.165) is 12.8 Å². The summed E-state index contributed by atoms with van der Waals surface area (Å²) < 4.78 is 42.3. The molecule has 0 aliphatic carbocycles. The molecule has 10 nitrogen and oxygen atoms in total. The van der Waals surface area contributed by atoms with Gasteiger partial charge >= 0.3 is 6.09 Å². The monoisotopic (exact) mass is 575 g/mol. The molecule has 0 spiro atoms. The van der Waals surface area contributed by atoms with Gasteiger partial charge in [-0.05, 0) is 69.7 Å². The van der Waals surface area contributed by atoms with Gasteiger partial charge in [0.05, 0.1) is 5.56 Å². The third-order valence-corrected chi connectivity index (χ3v) is 8.24. The van der Waals surface area contributed by atoms with Crippen LogP contribution in [0.15, 0.2) is 48.0 Å². The second-order valence-electron chi connectivity index (χ2n) is 11.8. The zero-order chi connectivity index (χ0) is 29.9. The van der Waals surface area contributed by atoms with E-state index in [-0.39, 0.29) is 17.8 Å². The molecule has 1 aliphatic rings. The molecule has 1 unspecified atom stereocenters. The van der Waals surface area contributed by atoms with E-state index in [1.807, 2.05) is 39.3 Å². The van der Waals surface area contributed by atoms with Gasteiger partial charge in [0.15, 0.2) is 5.03 Å². The van der Waals surface area contributed by atoms with Crippen molar-refractivity contribution < 1.29 is 27.5 Å². The van der Waals surface area contributed by atoms with Gasteiger partial charge in [-0.3, -0.25) is 4.79 Å². The summed E-state index contributed by atoms with van der Waals surface area (Å²) in [6.07, 6.45) is 3.59. The van der Waals surface area contributed by atoms with Gasteiger partial charge in [0.2, 0.25) is 5.95 Å². The maximum Gasteiger partial charge on any atom is 0.407 e. The molecule has 40 heavy (non-hydrogen) atoms. The molecule has 2 aromatic rings. The molecule has 0 saturated carbocycles. The molecule has 1 saturated heterocycles. The van der Waals surface area contributed by atoms with Crippen molar-refractivity contribution in [3.05, 3.63) is 60.2 Å². The summed E-state index contributed by atoms with van der Waals surface area (Å²) in [7, 11) is -4.41. The Kier molecular flexibility index (Phi) is 9.23. The van der Waals surface area contributed by atoms with E-state index in [0.29, 0.717) is 25.1 Å². The van der Waals surface area contributed by atoms with Gasteiger partial charge < -0.3 is 15.3 Å². The molecule has 1 fully saturated rings. The predicted molar refractivity (Wildman–Crippen MR) is 150 cm³/mol. The average Bonchev–Trinajstić information content (AvgIpc) is 3.16. The Balaban J connectivity index is 1.69. The molecule has 3 rings (SSSR count). The molecule has 2 aromatic heterocycles. The highest BCUT2D eigenvalue weighted by atomic mass is 32.2. The van der Waals surface area contributed by atoms with Crippen LogP contribution in [0.2, 0.25) is 0 Å². The second kappa shape index (κ2) is 11.9. The van der Waals surface area contributed by atoms with Gasteiger partial charge in [-0.2, -0.15) is 12.8 Å². The summed E-state index contributed by atoms with van der Waals surface area (Å²) >= 11 is 0. The number of nitrogens with zero attached hydrogens (tertiary/aromatic N) is 3. The van der Waals surface area contributed by atoms with Crippen LogP contribution >= 0.6 is 0 Å². The van der Waals surface area contributed by atoms with E-state index in [1.54, 1.807) is 12.1 Å². The zero-order valence-corrected chi connectivity index (χ0v) is 24.4. The van der Waals surface area contributed by atoms with Crippen LogP contribution in [0.1, 0.15) is 76.4 Å². The molecule has 2 atom stereocenters. The number of carboxylic acid groups (broad SMARTS) is 1. The van der Waals surface area contributed by atoms with E-state index in [9.17, 15) is 27.5 Å². The van der Waals surface area contributed by atoms with Crippen molar-refractivity contribution in [3.8, 4) is 0 Å². The number of anilines is 1. The number of carbonyl (C=O) groups excluding carboxylic acids is 1. The number of hydrogen-bond donors (Lipinski definition) is 3. The molecular weight excluding hydrogens is 537 g/mol. The lowest BCUT2D eigenvalue weighted by atomic mass is 9.91. The fourth-order valence-corrected chi connectivity index (χ4v) is 5.84. The van der Waals surface area contributed by atoms with Crippen LogP contribution in [0.25, 0.3) is 0 Å². The van der Waals surface area contributed by atoms with Crippen molar-refractivity contribution in [2.24, 2.45) is 5.92 Å². The summed E-state index contributed by atoms with van der Waals surface area (Å²) in [4.78, 5) is 33.6. The fraction of sp³-hybridized carbons (Fsp3) is 0.500. The quantitative estimate of drug-likeness (QED) is 0.267. The first kappa shape index (κ1) is 31.0. The number of sulfonamides is 1. The number of pyridine rings is 2. The molecule has 0 radical (unpaired) electrons. The second-order valence-corrected chi connectivity index (χ2v) is 13.4. The van der Waals surface area contributed by atoms with Gasteiger partial charge in [-0.15, -0.1) is 6.58 Å². The van der Waals surface area contributed by atoms with Crippen LogP contribution in [0.5, 0.6) is 0 Å². The Hall–Kier alpha value is -3.54. The lowest BCUT2D eigenvalue weighted by molar-refractivity contribution is 0.0975. The normalized spacial score (nSPS) is 17.8. The van der Waals surface area contributed by atoms with Crippen LogP contribution in [0, 0.1) is 11.9 Å². The number of hydrogen-bond acceptors (Lipinski definition) is 7. The van der Waals surface area contributed by atoms with Crippen LogP contribution in [0.3, 0.4) is 0 Å². The number of rotatable bonds is 10. The molecule has 3 heterocycles. The Bertz CT molecular complexity index is 1370. The topological polar surface area (TPSA) is 142 Å². The molecule has 12 heteroatoms. The van der Waals surface area contributed by atoms with Gasteiger partial charge in [0.1, 0.15) is 5.82 Å². The van der Waals surface area contributed by atoms with Gasteiger partial charge in [-0.1, -0.05) is 32.9 Å². The summed E-state index contributed by atoms with van der Waals surface area (Å²) in [6, 6.07) is 6.90. The first-order valence-electron chi connectivity index (χ1n) is 13.1. The minimum absolute atomic E-state index is 0.124. The third kappa shape index (κ3) is 7.56. The SMILES string of the molecule is C=CCC(CC[C@@H]1CN(C(=O)O)C(C)(C)C1)Nc1cccc(S(=O)(=O)NC(=O)c2ccc(C(C)(C)C)nc2F)n1. The van der Waals surface area contributed by atoms with Crippen molar-refractivity contribution in [2.45, 2.75) is 82.3 Å². The number of likely N-dealkylation sites (tertiary alicyclic amines) is 1. The van der Waals surface area contributed by atoms with Gasteiger partial charge in [0.25, 0.3) is 15.9 Å². The molecule has 1 aliphatic heterocycles. The van der Waals surface area contributed by atoms with Crippen LogP contribution in [0.4, 0.5) is 15.0 Å². The number of carbonyl (C=O) groups is 2. The van der Waals surface area contributed by atoms with Crippen LogP contribution in [-0.4, -0.2) is 58.5 Å². The maximum absolute atomic E-state index is 14.5. The van der Waals surface area contributed by atoms with Crippen molar-refractivity contribution in [3.63, 3.8) is 0 Å². The predicted octanol–water partition coefficient (Wildman–Crippen LogP) is 4.95. The highest BCUT2D eigenvalue weighted by Crippen LogP contribution is 2.35. The summed E-state index contributed by atoms with van der Waals surface area (Å²) in [5, 5.41) is 12.3. The van der Waals surface area contributed by atoms with E-state index in [4.69, 9.17) is 0 Å². The Morgan fingerprint density at radius 3 is 2.52 bits per heavy atom. The molecule has 0 aromatic carbocycles. The number of amides is 2. The Morgan fingerprint density at radius 1 is 1.25 bits per heavy atom. The lowest BCUT2D eigenvalue weighted by Gasteiger charge is -2.28. The summed E-state index contributed by atoms with van der Waals surface area (Å²) in [5.41, 5.74) is -0.946. The third-order valence-electron chi connectivity index (χ3n) is 7.00. The van der Waals surface area contributed by atoms with E-state index in [1.165, 1.54) is 29.2 Å². The molecular formula is C28H38FN5O5S. The first-order chi connectivity index (χ1) is 18.5. The van der Waals surface area contributed by atoms with Gasteiger partial charge in [-0.25, -0.2) is 19.5 Å². The van der Waals surface area contributed by atoms with Crippen molar-refractivity contribution in [1.82, 2.24) is 19.6 Å². The van der Waals surface area contributed by atoms with Crippen LogP contribution in [-0.2, 0) is 15.4 Å². The smallest absolute Gasteiger partial charge is 0.407 e. The highest BCUT2D eigenvalue weighted by Gasteiger charge is 2.41. The number of aromatic nitrogens is 2. The van der Waals surface area contributed by atoms with Gasteiger partial charge in [0, 0.05) is 29.2 Å². The Labute approximate surface area is 235 Å². The Morgan fingerprint density at radius 2 is 1.95 bits per heavy atom. The van der Waals surface area contributed by atoms with Crippen molar-refractivity contribution >= 4 is 27.8 Å². The minimum atomic E-state index is -4.41. The molecule has 3 N–H and O–H groups in total. The standard InChI is InChI=1S/C28H38FN5O5S/c1-7-9-19(13-12-18-16-28(5,6)34(17-18)26(36)37)30-22-10-8-11-23(32-22)40(38,39)33-25(35)20-14-15-21(27(2,3)4)31-24(20)29/h7-8,10-11,14-15,18-19H,1,9,12-13,16-17H2,2-6H3,(H,30,32)(H,33,35)(H,36,37)/t18-,19?/m0/s1. The largest absolute Gasteiger partial charge is 0.465 e. The zero-order valence-electron chi connectivity index (χ0n) is 23.6. The first-order valence-corrected chi connectivity index (χ1v) is 14.6. The summed E-state index contributed by atoms with van der Waals surface area (Å²) in [5.74, 6) is -1.73. The van der Waals surface area contributed by atoms with Crippen molar-refractivity contribution in [2.75, 3.05) is 11.9 Å². The maximum atomic E-state index is 14.5. The molecule has 2 amide bonds. The number of halogens is 1. The fourth-order valence-electron chi connectivity index (χ4n) is 4.91. The molecule has 218 valence electrons. The minimum Gasteiger partial charge on any atom is -0.465 e. The van der Waals surface area contributed by atoms with E-state index < -0.39 is 49.5 Å². The van der Waals surface area contributed by atoms with Crippen LogP contribution < -0.4 is 10.0 Å². The number of nitrogens with one attached hydrogen (secondary N) is 2. The lowest BCUT2D eigenvalue weighted by Crippen LogP contribution is -2.41. The van der Waals surface area contributed by atoms with E-state index in [2.05, 4.69) is 21.9 Å². The highest BCUT2D eigenvalue weighted by molar-refractivity contribution is 7.90. The average molecular weight is 576 g/mol. The summed E-state index contributed by atoms with van der Waals surface area (Å²) in [6.45, 7) is 13.6. The van der Waals surface area contributed by atoms with Crippen molar-refractivity contribution in [1.29, 1.82) is 0 Å². The van der Waals surface area contributed by atoms with E-state index >= 15 is 0 Å².